The quantitative estimate of drug-likeness (QED) is 0.714. The number of benzene rings is 2. The largest absolute Gasteiger partial charge is 0.486 e. The number of rotatable bonds is 3. The van der Waals surface area contributed by atoms with Crippen LogP contribution in [0.25, 0.3) is 5.69 Å². The van der Waals surface area contributed by atoms with Crippen molar-refractivity contribution < 1.29 is 14.3 Å². The molecule has 1 aliphatic rings. The summed E-state index contributed by atoms with van der Waals surface area (Å²) in [5.74, 6) is 1.27. The number of hydrogen-bond acceptors (Lipinski definition) is 4. The maximum absolute atomic E-state index is 13.0. The molecule has 6 heteroatoms. The SMILES string of the molecule is Cc1cc(C)n(-c2cccc(C(=O)N(C)c3ccc4c(c3)OCCO4)c2)n1. The van der Waals surface area contributed by atoms with Crippen LogP contribution in [0.2, 0.25) is 0 Å². The van der Waals surface area contributed by atoms with Gasteiger partial charge in [0, 0.05) is 30.1 Å². The molecule has 0 unspecified atom stereocenters. The van der Waals surface area contributed by atoms with Crippen molar-refractivity contribution in [2.24, 2.45) is 0 Å². The fourth-order valence-electron chi connectivity index (χ4n) is 3.21. The van der Waals surface area contributed by atoms with Gasteiger partial charge in [-0.3, -0.25) is 4.79 Å². The summed E-state index contributed by atoms with van der Waals surface area (Å²) in [7, 11) is 1.75. The lowest BCUT2D eigenvalue weighted by Gasteiger charge is -2.22. The Balaban J connectivity index is 1.63. The van der Waals surface area contributed by atoms with Crippen molar-refractivity contribution in [2.45, 2.75) is 13.8 Å². The monoisotopic (exact) mass is 363 g/mol. The Kier molecular flexibility index (Phi) is 4.32. The molecule has 1 aliphatic heterocycles. The summed E-state index contributed by atoms with van der Waals surface area (Å²) in [6, 6.07) is 15.0. The number of aromatic nitrogens is 2. The van der Waals surface area contributed by atoms with Crippen LogP contribution in [-0.2, 0) is 0 Å². The van der Waals surface area contributed by atoms with Gasteiger partial charge in [-0.2, -0.15) is 5.10 Å². The highest BCUT2D eigenvalue weighted by Crippen LogP contribution is 2.34. The van der Waals surface area contributed by atoms with E-state index < -0.39 is 0 Å². The molecule has 0 radical (unpaired) electrons. The molecule has 0 saturated heterocycles. The highest BCUT2D eigenvalue weighted by molar-refractivity contribution is 6.06. The molecule has 27 heavy (non-hydrogen) atoms. The number of fused-ring (bicyclic) bond motifs is 1. The average Bonchev–Trinajstić information content (AvgIpc) is 3.04. The van der Waals surface area contributed by atoms with E-state index in [2.05, 4.69) is 5.10 Å². The van der Waals surface area contributed by atoms with Crippen LogP contribution in [0.3, 0.4) is 0 Å². The van der Waals surface area contributed by atoms with Crippen molar-refractivity contribution in [1.82, 2.24) is 9.78 Å². The average molecular weight is 363 g/mol. The standard InChI is InChI=1S/C21H21N3O3/c1-14-11-15(2)24(22-14)18-6-4-5-16(12-18)21(25)23(3)17-7-8-19-20(13-17)27-10-9-26-19/h4-8,11-13H,9-10H2,1-3H3. The van der Waals surface area contributed by atoms with Gasteiger partial charge in [-0.15, -0.1) is 0 Å². The van der Waals surface area contributed by atoms with Gasteiger partial charge in [-0.05, 0) is 50.2 Å². The van der Waals surface area contributed by atoms with Gasteiger partial charge in [-0.1, -0.05) is 6.07 Å². The van der Waals surface area contributed by atoms with Gasteiger partial charge in [0.25, 0.3) is 5.91 Å². The Labute approximate surface area is 157 Å². The van der Waals surface area contributed by atoms with Crippen LogP contribution in [-0.4, -0.2) is 35.9 Å². The van der Waals surface area contributed by atoms with E-state index in [-0.39, 0.29) is 5.91 Å². The van der Waals surface area contributed by atoms with Crippen LogP contribution in [0.1, 0.15) is 21.7 Å². The lowest BCUT2D eigenvalue weighted by molar-refractivity contribution is 0.0993. The van der Waals surface area contributed by atoms with Crippen molar-refractivity contribution in [3.63, 3.8) is 0 Å². The fraction of sp³-hybridized carbons (Fsp3) is 0.238. The Morgan fingerprint density at radius 3 is 2.56 bits per heavy atom. The van der Waals surface area contributed by atoms with Gasteiger partial charge in [0.2, 0.25) is 0 Å². The number of nitrogens with zero attached hydrogens (tertiary/aromatic N) is 3. The molecule has 0 atom stereocenters. The highest BCUT2D eigenvalue weighted by Gasteiger charge is 2.18. The Morgan fingerprint density at radius 2 is 1.81 bits per heavy atom. The smallest absolute Gasteiger partial charge is 0.258 e. The van der Waals surface area contributed by atoms with Gasteiger partial charge in [0.1, 0.15) is 13.2 Å². The van der Waals surface area contributed by atoms with E-state index in [1.807, 2.05) is 67.1 Å². The van der Waals surface area contributed by atoms with Crippen molar-refractivity contribution in [1.29, 1.82) is 0 Å². The van der Waals surface area contributed by atoms with E-state index in [9.17, 15) is 4.79 Å². The summed E-state index contributed by atoms with van der Waals surface area (Å²) in [6.45, 7) is 5.00. The molecular weight excluding hydrogens is 342 g/mol. The van der Waals surface area contributed by atoms with Gasteiger partial charge in [0.05, 0.1) is 11.4 Å². The minimum absolute atomic E-state index is 0.102. The first-order valence-electron chi connectivity index (χ1n) is 8.84. The molecule has 0 bridgehead atoms. The molecule has 4 rings (SSSR count). The normalized spacial score (nSPS) is 12.7. The van der Waals surface area contributed by atoms with Crippen LogP contribution >= 0.6 is 0 Å². The molecule has 2 heterocycles. The van der Waals surface area contributed by atoms with Crippen LogP contribution in [0.15, 0.2) is 48.5 Å². The van der Waals surface area contributed by atoms with E-state index in [1.165, 1.54) is 0 Å². The maximum Gasteiger partial charge on any atom is 0.258 e. The zero-order chi connectivity index (χ0) is 19.0. The zero-order valence-electron chi connectivity index (χ0n) is 15.6. The van der Waals surface area contributed by atoms with E-state index in [0.717, 1.165) is 22.8 Å². The molecular formula is C21H21N3O3. The first-order chi connectivity index (χ1) is 13.0. The third-order valence-electron chi connectivity index (χ3n) is 4.56. The number of carbonyl (C=O) groups excluding carboxylic acids is 1. The van der Waals surface area contributed by atoms with Crippen molar-refractivity contribution in [3.05, 3.63) is 65.5 Å². The predicted octanol–water partition coefficient (Wildman–Crippen LogP) is 3.54. The maximum atomic E-state index is 13.0. The Hall–Kier alpha value is -3.28. The van der Waals surface area contributed by atoms with Gasteiger partial charge >= 0.3 is 0 Å². The van der Waals surface area contributed by atoms with Crippen molar-refractivity contribution in [3.8, 4) is 17.2 Å². The number of hydrogen-bond donors (Lipinski definition) is 0. The Bertz CT molecular complexity index is 1010. The third kappa shape index (κ3) is 3.26. The summed E-state index contributed by atoms with van der Waals surface area (Å²) in [5, 5.41) is 4.49. The molecule has 0 spiro atoms. The van der Waals surface area contributed by atoms with Gasteiger partial charge in [0.15, 0.2) is 11.5 Å². The predicted molar refractivity (Wildman–Crippen MR) is 103 cm³/mol. The lowest BCUT2D eigenvalue weighted by Crippen LogP contribution is -2.26. The number of carbonyl (C=O) groups is 1. The first-order valence-corrected chi connectivity index (χ1v) is 8.84. The van der Waals surface area contributed by atoms with E-state index in [0.29, 0.717) is 30.3 Å². The molecule has 6 nitrogen and oxygen atoms in total. The molecule has 0 fully saturated rings. The van der Waals surface area contributed by atoms with Crippen LogP contribution in [0.5, 0.6) is 11.5 Å². The summed E-state index contributed by atoms with van der Waals surface area (Å²) in [4.78, 5) is 14.6. The molecule has 0 aliphatic carbocycles. The lowest BCUT2D eigenvalue weighted by atomic mass is 10.1. The molecule has 2 aromatic carbocycles. The number of anilines is 1. The molecule has 1 aromatic heterocycles. The van der Waals surface area contributed by atoms with Gasteiger partial charge < -0.3 is 14.4 Å². The summed E-state index contributed by atoms with van der Waals surface area (Å²) in [6.07, 6.45) is 0. The molecule has 3 aromatic rings. The third-order valence-corrected chi connectivity index (χ3v) is 4.56. The van der Waals surface area contributed by atoms with Crippen LogP contribution < -0.4 is 14.4 Å². The summed E-state index contributed by atoms with van der Waals surface area (Å²) in [5.41, 5.74) is 4.18. The topological polar surface area (TPSA) is 56.6 Å². The van der Waals surface area contributed by atoms with Crippen molar-refractivity contribution >= 4 is 11.6 Å². The van der Waals surface area contributed by atoms with E-state index in [1.54, 1.807) is 11.9 Å². The Morgan fingerprint density at radius 1 is 1.04 bits per heavy atom. The summed E-state index contributed by atoms with van der Waals surface area (Å²) < 4.78 is 13.0. The van der Waals surface area contributed by atoms with Crippen LogP contribution in [0.4, 0.5) is 5.69 Å². The minimum atomic E-state index is -0.102. The second kappa shape index (κ2) is 6.79. The fourth-order valence-corrected chi connectivity index (χ4v) is 3.21. The van der Waals surface area contributed by atoms with E-state index in [4.69, 9.17) is 9.47 Å². The summed E-state index contributed by atoms with van der Waals surface area (Å²) >= 11 is 0. The van der Waals surface area contributed by atoms with E-state index >= 15 is 0 Å². The molecule has 1 amide bonds. The zero-order valence-corrected chi connectivity index (χ0v) is 15.6. The minimum Gasteiger partial charge on any atom is -0.486 e. The second-order valence-electron chi connectivity index (χ2n) is 6.58. The number of aryl methyl sites for hydroxylation is 2. The molecule has 0 saturated carbocycles. The number of ether oxygens (including phenoxy) is 2. The number of amides is 1. The van der Waals surface area contributed by atoms with Crippen molar-refractivity contribution in [2.75, 3.05) is 25.2 Å². The van der Waals surface area contributed by atoms with Gasteiger partial charge in [-0.25, -0.2) is 4.68 Å². The van der Waals surface area contributed by atoms with Crippen LogP contribution in [0, 0.1) is 13.8 Å². The first kappa shape index (κ1) is 17.1. The highest BCUT2D eigenvalue weighted by atomic mass is 16.6. The molecule has 0 N–H and O–H groups in total. The molecule has 138 valence electrons. The second-order valence-corrected chi connectivity index (χ2v) is 6.58.